The molecule has 0 aliphatic carbocycles. The fourth-order valence-electron chi connectivity index (χ4n) is 3.22. The first kappa shape index (κ1) is 19.9. The quantitative estimate of drug-likeness (QED) is 0.818. The maximum absolute atomic E-state index is 12.8. The number of hydrogen-bond donors (Lipinski definition) is 1. The summed E-state index contributed by atoms with van der Waals surface area (Å²) in [5.41, 5.74) is 1.98. The molecule has 27 heavy (non-hydrogen) atoms. The molecule has 1 N–H and O–H groups in total. The average Bonchev–Trinajstić information content (AvgIpc) is 3.17. The molecule has 1 atom stereocenters. The molecule has 7 heteroatoms. The van der Waals surface area contributed by atoms with E-state index in [1.807, 2.05) is 19.1 Å². The first-order valence-electron chi connectivity index (χ1n) is 8.96. The summed E-state index contributed by atoms with van der Waals surface area (Å²) in [6.45, 7) is 4.72. The molecule has 3 rings (SSSR count). The Labute approximate surface area is 165 Å². The Kier molecular flexibility index (Phi) is 5.89. The smallest absolute Gasteiger partial charge is 0.252 e. The first-order chi connectivity index (χ1) is 12.8. The van der Waals surface area contributed by atoms with Crippen LogP contribution in [0.25, 0.3) is 0 Å². The van der Waals surface area contributed by atoms with E-state index < -0.39 is 10.0 Å². The highest BCUT2D eigenvalue weighted by molar-refractivity contribution is 7.89. The molecule has 0 saturated carbocycles. The van der Waals surface area contributed by atoms with Gasteiger partial charge in [-0.1, -0.05) is 29.8 Å². The van der Waals surface area contributed by atoms with Crippen LogP contribution in [0.2, 0.25) is 5.02 Å². The van der Waals surface area contributed by atoms with Crippen molar-refractivity contribution in [2.45, 2.75) is 37.6 Å². The Morgan fingerprint density at radius 2 is 1.85 bits per heavy atom. The number of aryl methyl sites for hydroxylation is 1. The molecule has 5 nitrogen and oxygen atoms in total. The average molecular weight is 407 g/mol. The molecule has 144 valence electrons. The van der Waals surface area contributed by atoms with E-state index in [1.54, 1.807) is 31.2 Å². The molecule has 0 aromatic heterocycles. The fourth-order valence-corrected chi connectivity index (χ4v) is 4.96. The standard InChI is InChI=1S/C20H23ClN2O3S/c1-14-8-9-18(27(25,26)23-10-3-4-11-23)13-19(14)20(24)22-15(2)16-6-5-7-17(21)12-16/h5-9,12-13,15H,3-4,10-11H2,1-2H3,(H,22,24). The summed E-state index contributed by atoms with van der Waals surface area (Å²) in [7, 11) is -3.56. The number of hydrogen-bond acceptors (Lipinski definition) is 3. The normalized spacial score (nSPS) is 16.3. The van der Waals surface area contributed by atoms with Crippen molar-refractivity contribution in [3.63, 3.8) is 0 Å². The highest BCUT2D eigenvalue weighted by atomic mass is 35.5. The SMILES string of the molecule is Cc1ccc(S(=O)(=O)N2CCCC2)cc1C(=O)NC(C)c1cccc(Cl)c1. The number of amides is 1. The number of nitrogens with zero attached hydrogens (tertiary/aromatic N) is 1. The molecule has 0 spiro atoms. The van der Waals surface area contributed by atoms with Crippen molar-refractivity contribution in [2.75, 3.05) is 13.1 Å². The predicted octanol–water partition coefficient (Wildman–Crippen LogP) is 3.92. The number of carbonyl (C=O) groups excluding carboxylic acids is 1. The third-order valence-corrected chi connectivity index (χ3v) is 6.98. The van der Waals surface area contributed by atoms with E-state index in [9.17, 15) is 13.2 Å². The van der Waals surface area contributed by atoms with Crippen molar-refractivity contribution in [1.29, 1.82) is 0 Å². The van der Waals surface area contributed by atoms with Gasteiger partial charge in [-0.25, -0.2) is 8.42 Å². The van der Waals surface area contributed by atoms with Crippen molar-refractivity contribution >= 4 is 27.5 Å². The number of sulfonamides is 1. The molecule has 1 heterocycles. The summed E-state index contributed by atoms with van der Waals surface area (Å²) in [5, 5.41) is 3.52. The Morgan fingerprint density at radius 1 is 1.15 bits per heavy atom. The van der Waals surface area contributed by atoms with Crippen LogP contribution in [0, 0.1) is 6.92 Å². The minimum atomic E-state index is -3.56. The molecule has 1 saturated heterocycles. The topological polar surface area (TPSA) is 66.5 Å². The van der Waals surface area contributed by atoms with Gasteiger partial charge in [-0.15, -0.1) is 0 Å². The second-order valence-corrected chi connectivity index (χ2v) is 9.21. The summed E-state index contributed by atoms with van der Waals surface area (Å²) in [5.74, 6) is -0.307. The highest BCUT2D eigenvalue weighted by Gasteiger charge is 2.28. The van der Waals surface area contributed by atoms with Crippen LogP contribution in [0.1, 0.15) is 47.3 Å². The first-order valence-corrected chi connectivity index (χ1v) is 10.8. The largest absolute Gasteiger partial charge is 0.346 e. The molecule has 1 fully saturated rings. The van der Waals surface area contributed by atoms with Gasteiger partial charge in [0, 0.05) is 23.7 Å². The van der Waals surface area contributed by atoms with Crippen LogP contribution in [0.3, 0.4) is 0 Å². The van der Waals surface area contributed by atoms with Gasteiger partial charge in [0.15, 0.2) is 0 Å². The van der Waals surface area contributed by atoms with Crippen LogP contribution in [0.15, 0.2) is 47.4 Å². The predicted molar refractivity (Wildman–Crippen MR) is 107 cm³/mol. The monoisotopic (exact) mass is 406 g/mol. The lowest BCUT2D eigenvalue weighted by atomic mass is 10.1. The maximum atomic E-state index is 12.8. The molecule has 2 aromatic rings. The van der Waals surface area contributed by atoms with Crippen molar-refractivity contribution in [3.8, 4) is 0 Å². The van der Waals surface area contributed by atoms with E-state index in [0.717, 1.165) is 24.0 Å². The molecule has 0 bridgehead atoms. The van der Waals surface area contributed by atoms with Gasteiger partial charge in [0.1, 0.15) is 0 Å². The van der Waals surface area contributed by atoms with E-state index in [2.05, 4.69) is 5.32 Å². The fraction of sp³-hybridized carbons (Fsp3) is 0.350. The van der Waals surface area contributed by atoms with E-state index in [1.165, 1.54) is 10.4 Å². The lowest BCUT2D eigenvalue weighted by Gasteiger charge is -2.18. The third-order valence-electron chi connectivity index (χ3n) is 4.85. The highest BCUT2D eigenvalue weighted by Crippen LogP contribution is 2.24. The summed E-state index contributed by atoms with van der Waals surface area (Å²) in [6.07, 6.45) is 1.74. The second kappa shape index (κ2) is 8.00. The number of rotatable bonds is 5. The van der Waals surface area contributed by atoms with Gasteiger partial charge in [0.2, 0.25) is 10.0 Å². The molecule has 1 unspecified atom stereocenters. The number of carbonyl (C=O) groups is 1. The molecular weight excluding hydrogens is 384 g/mol. The van der Waals surface area contributed by atoms with Crippen LogP contribution in [0.5, 0.6) is 0 Å². The molecule has 1 aliphatic rings. The van der Waals surface area contributed by atoms with Gasteiger partial charge in [0.25, 0.3) is 5.91 Å². The molecule has 1 aliphatic heterocycles. The van der Waals surface area contributed by atoms with Crippen molar-refractivity contribution in [2.24, 2.45) is 0 Å². The summed E-state index contributed by atoms with van der Waals surface area (Å²) in [6, 6.07) is 11.8. The number of benzene rings is 2. The summed E-state index contributed by atoms with van der Waals surface area (Å²) < 4.78 is 27.0. The summed E-state index contributed by atoms with van der Waals surface area (Å²) >= 11 is 6.02. The lowest BCUT2D eigenvalue weighted by Crippen LogP contribution is -2.29. The van der Waals surface area contributed by atoms with Crippen molar-refractivity contribution in [1.82, 2.24) is 9.62 Å². The van der Waals surface area contributed by atoms with Gasteiger partial charge in [-0.05, 0) is 62.1 Å². The van der Waals surface area contributed by atoms with E-state index in [-0.39, 0.29) is 16.8 Å². The number of halogens is 1. The van der Waals surface area contributed by atoms with Crippen LogP contribution in [-0.2, 0) is 10.0 Å². The summed E-state index contributed by atoms with van der Waals surface area (Å²) in [4.78, 5) is 12.9. The molecular formula is C20H23ClN2O3S. The van der Waals surface area contributed by atoms with E-state index in [0.29, 0.717) is 23.7 Å². The zero-order valence-corrected chi connectivity index (χ0v) is 17.0. The second-order valence-electron chi connectivity index (χ2n) is 6.84. The van der Waals surface area contributed by atoms with Crippen molar-refractivity contribution < 1.29 is 13.2 Å². The Bertz CT molecular complexity index is 953. The Hall–Kier alpha value is -1.89. The molecule has 1 amide bonds. The van der Waals surface area contributed by atoms with E-state index in [4.69, 9.17) is 11.6 Å². The molecule has 0 radical (unpaired) electrons. The van der Waals surface area contributed by atoms with Crippen LogP contribution in [-0.4, -0.2) is 31.7 Å². The van der Waals surface area contributed by atoms with Gasteiger partial charge in [-0.2, -0.15) is 4.31 Å². The van der Waals surface area contributed by atoms with Crippen LogP contribution >= 0.6 is 11.6 Å². The molecule has 2 aromatic carbocycles. The van der Waals surface area contributed by atoms with Crippen LogP contribution in [0.4, 0.5) is 0 Å². The van der Waals surface area contributed by atoms with Gasteiger partial charge in [0.05, 0.1) is 10.9 Å². The third kappa shape index (κ3) is 4.34. The number of nitrogens with one attached hydrogen (secondary N) is 1. The minimum absolute atomic E-state index is 0.163. The Balaban J connectivity index is 1.84. The van der Waals surface area contributed by atoms with Gasteiger partial charge < -0.3 is 5.32 Å². The Morgan fingerprint density at radius 3 is 2.52 bits per heavy atom. The van der Waals surface area contributed by atoms with Gasteiger partial charge >= 0.3 is 0 Å². The zero-order valence-electron chi connectivity index (χ0n) is 15.4. The minimum Gasteiger partial charge on any atom is -0.346 e. The lowest BCUT2D eigenvalue weighted by molar-refractivity contribution is 0.0939. The van der Waals surface area contributed by atoms with Crippen LogP contribution < -0.4 is 5.32 Å². The van der Waals surface area contributed by atoms with Gasteiger partial charge in [-0.3, -0.25) is 4.79 Å². The zero-order chi connectivity index (χ0) is 19.6. The van der Waals surface area contributed by atoms with E-state index >= 15 is 0 Å². The maximum Gasteiger partial charge on any atom is 0.252 e. The van der Waals surface area contributed by atoms with Crippen molar-refractivity contribution in [3.05, 3.63) is 64.2 Å².